The summed E-state index contributed by atoms with van der Waals surface area (Å²) < 4.78 is 21.1. The third-order valence-electron chi connectivity index (χ3n) is 11.5. The Hall–Kier alpha value is -3.90. The molecule has 0 bridgehead atoms. The van der Waals surface area contributed by atoms with Gasteiger partial charge in [0.05, 0.1) is 5.58 Å². The molecule has 0 atom stereocenters. The van der Waals surface area contributed by atoms with E-state index < -0.39 is 13.3 Å². The molecule has 2 aliphatic carbocycles. The van der Waals surface area contributed by atoms with Gasteiger partial charge < -0.3 is 9.40 Å². The second kappa shape index (κ2) is 17.5. The Morgan fingerprint density at radius 3 is 2.20 bits per heavy atom. The van der Waals surface area contributed by atoms with E-state index in [0.29, 0.717) is 0 Å². The SMILES string of the molecule is Fc1ccc(-c2ccc3oc4c(-c5cc(CC6CCCC6)ccn5)[c-]ccc4c3c2)cc1.[CH3][Ge]([CH3])([CH3])[c]1ccc(-c2[c-]cc(C3CCCCC3)cc2)nc1.[Ir]. The molecule has 283 valence electrons. The summed E-state index contributed by atoms with van der Waals surface area (Å²) in [6.45, 7) is 0. The van der Waals surface area contributed by atoms with Crippen molar-refractivity contribution in [2.45, 2.75) is 87.4 Å². The van der Waals surface area contributed by atoms with Gasteiger partial charge in [0.15, 0.2) is 0 Å². The van der Waals surface area contributed by atoms with E-state index in [9.17, 15) is 4.39 Å². The summed E-state index contributed by atoms with van der Waals surface area (Å²) in [5, 5.41) is 2.08. The summed E-state index contributed by atoms with van der Waals surface area (Å²) >= 11 is -1.76. The predicted octanol–water partition coefficient (Wildman–Crippen LogP) is 13.1. The molecule has 2 fully saturated rings. The van der Waals surface area contributed by atoms with Crippen LogP contribution in [-0.2, 0) is 26.5 Å². The van der Waals surface area contributed by atoms with Gasteiger partial charge in [-0.15, -0.1) is 18.2 Å². The van der Waals surface area contributed by atoms with E-state index in [0.717, 1.165) is 73.8 Å². The number of nitrogens with zero attached hydrogens (tertiary/aromatic N) is 2. The van der Waals surface area contributed by atoms with Crippen molar-refractivity contribution < 1.29 is 28.9 Å². The molecular weight excluding hydrogens is 916 g/mol. The molecule has 0 unspecified atom stereocenters. The van der Waals surface area contributed by atoms with Gasteiger partial charge in [0.25, 0.3) is 0 Å². The fraction of sp³-hybridized carbons (Fsp3) is 0.306. The van der Waals surface area contributed by atoms with Gasteiger partial charge in [-0.2, -0.15) is 0 Å². The summed E-state index contributed by atoms with van der Waals surface area (Å²) in [6, 6.07) is 39.0. The molecule has 9 rings (SSSR count). The van der Waals surface area contributed by atoms with Crippen LogP contribution in [0.1, 0.15) is 74.8 Å². The molecule has 0 N–H and O–H groups in total. The number of halogens is 1. The third-order valence-corrected chi connectivity index (χ3v) is 15.8. The zero-order valence-electron chi connectivity index (χ0n) is 32.1. The zero-order chi connectivity index (χ0) is 37.1. The minimum absolute atomic E-state index is 0. The van der Waals surface area contributed by atoms with Crippen molar-refractivity contribution in [1.29, 1.82) is 0 Å². The first kappa shape index (κ1) is 39.3. The monoisotopic (exact) mass is 967 g/mol. The van der Waals surface area contributed by atoms with E-state index in [-0.39, 0.29) is 25.9 Å². The molecule has 1 radical (unpaired) electrons. The van der Waals surface area contributed by atoms with Crippen LogP contribution >= 0.6 is 0 Å². The van der Waals surface area contributed by atoms with Gasteiger partial charge >= 0.3 is 137 Å². The molecule has 6 heteroatoms. The first-order valence-electron chi connectivity index (χ1n) is 19.9. The molecule has 0 saturated heterocycles. The van der Waals surface area contributed by atoms with Crippen molar-refractivity contribution >= 4 is 39.6 Å². The van der Waals surface area contributed by atoms with E-state index in [1.807, 2.05) is 30.5 Å². The van der Waals surface area contributed by atoms with Crippen molar-refractivity contribution in [1.82, 2.24) is 9.97 Å². The Kier molecular flexibility index (Phi) is 12.5. The van der Waals surface area contributed by atoms with Crippen molar-refractivity contribution in [3.63, 3.8) is 0 Å². The number of hydrogen-bond donors (Lipinski definition) is 0. The van der Waals surface area contributed by atoms with Crippen LogP contribution in [0.15, 0.2) is 114 Å². The summed E-state index contributed by atoms with van der Waals surface area (Å²) in [5.74, 6) is 8.53. The molecule has 3 nitrogen and oxygen atoms in total. The molecule has 3 heterocycles. The Bertz CT molecular complexity index is 2330. The number of rotatable bonds is 7. The Morgan fingerprint density at radius 1 is 0.727 bits per heavy atom. The zero-order valence-corrected chi connectivity index (χ0v) is 36.6. The van der Waals surface area contributed by atoms with Gasteiger partial charge in [0, 0.05) is 31.7 Å². The number of pyridine rings is 2. The summed E-state index contributed by atoms with van der Waals surface area (Å²) in [5.41, 5.74) is 10.4. The van der Waals surface area contributed by atoms with Crippen LogP contribution in [0.4, 0.5) is 4.39 Å². The van der Waals surface area contributed by atoms with Crippen LogP contribution in [0, 0.1) is 23.9 Å². The Morgan fingerprint density at radius 2 is 1.49 bits per heavy atom. The van der Waals surface area contributed by atoms with Crippen LogP contribution in [0.2, 0.25) is 17.3 Å². The smallest absolute Gasteiger partial charge is 0 e. The topological polar surface area (TPSA) is 38.9 Å². The van der Waals surface area contributed by atoms with Gasteiger partial charge in [-0.25, -0.2) is 4.39 Å². The second-order valence-electron chi connectivity index (χ2n) is 16.4. The van der Waals surface area contributed by atoms with Crippen LogP contribution in [0.5, 0.6) is 0 Å². The maximum absolute atomic E-state index is 13.3. The maximum atomic E-state index is 13.3. The van der Waals surface area contributed by atoms with Gasteiger partial charge in [-0.05, 0) is 59.5 Å². The Labute approximate surface area is 341 Å². The standard InChI is InChI=1S/C29H23FNO.C20H26GeN.Ir/c30-23-11-8-21(9-12-23)22-10-13-28-26(18-22)24-6-3-7-25(29(24)32-28)27-17-20(14-15-31-27)16-19-4-1-2-5-19;1-21(2,3)19-13-14-20(22-15-19)18-11-9-17(10-12-18)16-7-5-4-6-8-16;/h3,6,8-15,17-19H,1-2,4-5,16H2;9-11,13-16H,4-8H2,1-3H3;/q2*-1;. The van der Waals surface area contributed by atoms with E-state index >= 15 is 0 Å². The second-order valence-corrected chi connectivity index (χ2v) is 27.0. The predicted molar refractivity (Wildman–Crippen MR) is 224 cm³/mol. The minimum Gasteiger partial charge on any atom is 0 e. The largest absolute Gasteiger partial charge is 0 e. The number of fused-ring (bicyclic) bond motifs is 3. The third kappa shape index (κ3) is 9.22. The number of aromatic nitrogens is 2. The minimum atomic E-state index is -1.76. The molecule has 2 saturated carbocycles. The molecule has 55 heavy (non-hydrogen) atoms. The van der Waals surface area contributed by atoms with E-state index in [2.05, 4.69) is 94.1 Å². The van der Waals surface area contributed by atoms with E-state index in [1.165, 1.54) is 85.4 Å². The maximum Gasteiger partial charge on any atom is 0 e. The molecule has 0 amide bonds. The van der Waals surface area contributed by atoms with Crippen LogP contribution < -0.4 is 4.40 Å². The first-order valence-corrected chi connectivity index (χ1v) is 27.2. The molecular formula is C49H49FGeIrN2O-2. The quantitative estimate of drug-likeness (QED) is 0.118. The Balaban J connectivity index is 0.000000178. The van der Waals surface area contributed by atoms with Gasteiger partial charge in [-0.3, -0.25) is 0 Å². The summed E-state index contributed by atoms with van der Waals surface area (Å²) in [6.07, 6.45) is 17.3. The molecule has 4 aromatic carbocycles. The molecule has 7 aromatic rings. The molecule has 3 aromatic heterocycles. The average Bonchev–Trinajstić information content (AvgIpc) is 3.86. The fourth-order valence-electron chi connectivity index (χ4n) is 8.32. The van der Waals surface area contributed by atoms with Crippen LogP contribution in [-0.4, -0.2) is 23.2 Å². The van der Waals surface area contributed by atoms with E-state index in [4.69, 9.17) is 4.42 Å². The van der Waals surface area contributed by atoms with Crippen molar-refractivity contribution in [3.05, 3.63) is 139 Å². The number of furan rings is 1. The van der Waals surface area contributed by atoms with Gasteiger partial charge in [-0.1, -0.05) is 66.5 Å². The first-order chi connectivity index (χ1) is 26.3. The fourth-order valence-corrected chi connectivity index (χ4v) is 10.5. The molecule has 0 aliphatic heterocycles. The number of benzene rings is 4. The van der Waals surface area contributed by atoms with Gasteiger partial charge in [0.2, 0.25) is 0 Å². The van der Waals surface area contributed by atoms with Crippen molar-refractivity contribution in [2.75, 3.05) is 0 Å². The van der Waals surface area contributed by atoms with Crippen LogP contribution in [0.25, 0.3) is 55.6 Å². The van der Waals surface area contributed by atoms with Crippen molar-refractivity contribution in [3.8, 4) is 33.6 Å². The average molecular weight is 966 g/mol. The summed E-state index contributed by atoms with van der Waals surface area (Å²) in [4.78, 5) is 9.32. The molecule has 2 aliphatic rings. The van der Waals surface area contributed by atoms with Gasteiger partial charge in [0.1, 0.15) is 11.4 Å². The van der Waals surface area contributed by atoms with E-state index in [1.54, 1.807) is 12.1 Å². The van der Waals surface area contributed by atoms with Crippen LogP contribution in [0.3, 0.4) is 0 Å². The molecule has 0 spiro atoms. The summed E-state index contributed by atoms with van der Waals surface area (Å²) in [7, 11) is 0. The normalized spacial score (nSPS) is 15.1. The number of hydrogen-bond acceptors (Lipinski definition) is 3. The van der Waals surface area contributed by atoms with Crippen molar-refractivity contribution in [2.24, 2.45) is 5.92 Å².